The average molecular weight is 856 g/mol. The number of ether oxygens (including phenoxy) is 2. The molecule has 3 aliphatic carbocycles. The number of carbonyl (C=O) groups is 2. The third-order valence-corrected chi connectivity index (χ3v) is 14.1. The van der Waals surface area contributed by atoms with Crippen LogP contribution in [-0.4, -0.2) is 45.7 Å². The van der Waals surface area contributed by atoms with Crippen LogP contribution < -0.4 is 20.1 Å². The van der Waals surface area contributed by atoms with Gasteiger partial charge in [0.1, 0.15) is 17.0 Å². The van der Waals surface area contributed by atoms with Gasteiger partial charge in [0.25, 0.3) is 0 Å². The number of aromatic nitrogens is 2. The zero-order valence-electron chi connectivity index (χ0n) is 36.2. The third kappa shape index (κ3) is 9.48. The Morgan fingerprint density at radius 2 is 1.76 bits per heavy atom. The monoisotopic (exact) mass is 854 g/mol. The molecule has 3 aromatic carbocycles. The van der Waals surface area contributed by atoms with Crippen molar-refractivity contribution in [2.75, 3.05) is 18.5 Å². The number of aryl methyl sites for hydroxylation is 1. The van der Waals surface area contributed by atoms with Crippen molar-refractivity contribution >= 4 is 29.2 Å². The van der Waals surface area contributed by atoms with Crippen LogP contribution in [0.3, 0.4) is 0 Å². The lowest BCUT2D eigenvalue weighted by Gasteiger charge is -2.47. The molecule has 2 heterocycles. The molecule has 10 heteroatoms. The summed E-state index contributed by atoms with van der Waals surface area (Å²) in [5.74, 6) is 1.92. The number of hydrogen-bond acceptors (Lipinski definition) is 7. The molecule has 4 atom stereocenters. The van der Waals surface area contributed by atoms with Gasteiger partial charge in [-0.3, -0.25) is 14.8 Å². The van der Waals surface area contributed by atoms with Gasteiger partial charge in [0, 0.05) is 47.0 Å². The van der Waals surface area contributed by atoms with Crippen LogP contribution in [0.25, 0.3) is 11.1 Å². The van der Waals surface area contributed by atoms with Crippen molar-refractivity contribution in [2.45, 2.75) is 114 Å². The highest BCUT2D eigenvalue weighted by atomic mass is 35.5. The number of aliphatic carboxylic acids is 1. The summed E-state index contributed by atoms with van der Waals surface area (Å²) in [5.41, 5.74) is 7.54. The highest BCUT2D eigenvalue weighted by Crippen LogP contribution is 2.57. The van der Waals surface area contributed by atoms with Gasteiger partial charge in [-0.1, -0.05) is 61.8 Å². The number of hydrogen-bond donors (Lipinski definition) is 3. The number of anilines is 1. The first kappa shape index (κ1) is 43.2. The van der Waals surface area contributed by atoms with E-state index in [-0.39, 0.29) is 23.3 Å². The minimum Gasteiger partial charge on any atom is -0.494 e. The van der Waals surface area contributed by atoms with Gasteiger partial charge in [0.15, 0.2) is 0 Å². The van der Waals surface area contributed by atoms with Crippen molar-refractivity contribution in [1.82, 2.24) is 15.3 Å². The Kier molecular flexibility index (Phi) is 13.2. The number of carboxylic acid groups (broad SMARTS) is 1. The molecule has 1 spiro atoms. The van der Waals surface area contributed by atoms with Crippen LogP contribution in [0.4, 0.5) is 5.69 Å². The lowest BCUT2D eigenvalue weighted by molar-refractivity contribution is -0.144. The molecule has 62 heavy (non-hydrogen) atoms. The van der Waals surface area contributed by atoms with E-state index in [4.69, 9.17) is 21.1 Å². The van der Waals surface area contributed by atoms with E-state index in [0.29, 0.717) is 61.4 Å². The summed E-state index contributed by atoms with van der Waals surface area (Å²) in [5, 5.41) is 17.9. The van der Waals surface area contributed by atoms with Crippen molar-refractivity contribution in [1.29, 1.82) is 0 Å². The summed E-state index contributed by atoms with van der Waals surface area (Å²) in [6.07, 6.45) is 14.0. The first-order valence-electron chi connectivity index (χ1n) is 22.5. The zero-order valence-corrected chi connectivity index (χ0v) is 36.9. The second-order valence-corrected chi connectivity index (χ2v) is 18.6. The highest BCUT2D eigenvalue weighted by Gasteiger charge is 2.54. The number of benzene rings is 3. The Bertz CT molecular complexity index is 2360. The van der Waals surface area contributed by atoms with E-state index in [1.807, 2.05) is 61.8 Å². The number of amides is 1. The standard InChI is InChI=1S/C52H59ClN4O5/c1-34(33-62-47-19-25-55-46-15-4-9-35(2)49(46)47)27-41-29-39-17-18-44(31-45(39)51(41)20-22-52(23-21-51,50(59)60)57-43-14-6-13-42(53)30-43)61-26-8-16-48(58)56-36(3)37-10-5-11-38(28-37)40-12-7-24-54-32-40/h5-7,10-14,17-19,24-25,28,30-32,34-36,41,57H,4,8-9,15-16,20-23,26-27,29,33H2,1-3H3,(H,56,58)(H,59,60)/t34-,35-,36-,41+,51?,52?/m1/s1. The van der Waals surface area contributed by atoms with Crippen LogP contribution in [0.2, 0.25) is 5.02 Å². The lowest BCUT2D eigenvalue weighted by Crippen LogP contribution is -2.53. The quantitative estimate of drug-likeness (QED) is 0.0839. The van der Waals surface area contributed by atoms with Crippen molar-refractivity contribution in [3.63, 3.8) is 0 Å². The number of carboxylic acids is 1. The number of fused-ring (bicyclic) bond motifs is 3. The second-order valence-electron chi connectivity index (χ2n) is 18.1. The molecule has 0 saturated heterocycles. The number of nitrogens with zero attached hydrogens (tertiary/aromatic N) is 2. The molecule has 1 saturated carbocycles. The van der Waals surface area contributed by atoms with Gasteiger partial charge in [0.05, 0.1) is 19.3 Å². The fourth-order valence-electron chi connectivity index (χ4n) is 10.5. The van der Waals surface area contributed by atoms with E-state index in [2.05, 4.69) is 64.8 Å². The van der Waals surface area contributed by atoms with Gasteiger partial charge in [-0.2, -0.15) is 0 Å². The largest absolute Gasteiger partial charge is 0.494 e. The summed E-state index contributed by atoms with van der Waals surface area (Å²) >= 11 is 6.32. The van der Waals surface area contributed by atoms with Crippen molar-refractivity contribution in [2.24, 2.45) is 11.8 Å². The van der Waals surface area contributed by atoms with Crippen molar-refractivity contribution in [3.05, 3.63) is 136 Å². The summed E-state index contributed by atoms with van der Waals surface area (Å²) in [7, 11) is 0. The van der Waals surface area contributed by atoms with Crippen LogP contribution in [0.5, 0.6) is 11.5 Å². The maximum absolute atomic E-state index is 13.1. The molecule has 1 amide bonds. The molecule has 3 N–H and O–H groups in total. The van der Waals surface area contributed by atoms with Gasteiger partial charge in [-0.05, 0) is 171 Å². The van der Waals surface area contributed by atoms with E-state index in [0.717, 1.165) is 73.1 Å². The number of halogens is 1. The molecule has 2 aromatic heterocycles. The minimum atomic E-state index is -1.11. The van der Waals surface area contributed by atoms with Crippen LogP contribution in [-0.2, 0) is 27.8 Å². The molecule has 1 fully saturated rings. The maximum Gasteiger partial charge on any atom is 0.329 e. The van der Waals surface area contributed by atoms with Gasteiger partial charge in [-0.25, -0.2) is 4.79 Å². The fraction of sp³-hybridized carbons (Fsp3) is 0.423. The van der Waals surface area contributed by atoms with Crippen molar-refractivity contribution in [3.8, 4) is 22.6 Å². The SMILES string of the molecule is C[C@@H](COc1ccnc2c1[C@H](C)CCC2)C[C@H]1Cc2ccc(OCCCC(=O)N[C@H](C)c3cccc(-c4cccnc4)c3)cc2C12CCC(Nc1cccc(Cl)c1)(C(=O)O)CC2. The predicted octanol–water partition coefficient (Wildman–Crippen LogP) is 11.3. The Morgan fingerprint density at radius 1 is 0.935 bits per heavy atom. The second kappa shape index (κ2) is 18.9. The van der Waals surface area contributed by atoms with E-state index in [9.17, 15) is 14.7 Å². The Hall–Kier alpha value is -5.41. The average Bonchev–Trinajstić information content (AvgIpc) is 3.56. The molecule has 9 nitrogen and oxygen atoms in total. The van der Waals surface area contributed by atoms with Gasteiger partial charge < -0.3 is 25.2 Å². The van der Waals surface area contributed by atoms with Crippen LogP contribution in [0, 0.1) is 11.8 Å². The predicted molar refractivity (Wildman–Crippen MR) is 245 cm³/mol. The van der Waals surface area contributed by atoms with Crippen LogP contribution in [0.1, 0.15) is 118 Å². The molecule has 0 bridgehead atoms. The molecule has 8 rings (SSSR count). The molecule has 0 aliphatic heterocycles. The van der Waals surface area contributed by atoms with Gasteiger partial charge in [0.2, 0.25) is 5.91 Å². The highest BCUT2D eigenvalue weighted by molar-refractivity contribution is 6.30. The molecular formula is C52H59ClN4O5. The molecule has 0 radical (unpaired) electrons. The number of nitrogens with one attached hydrogen (secondary N) is 2. The maximum atomic E-state index is 13.1. The Labute approximate surface area is 371 Å². The van der Waals surface area contributed by atoms with Gasteiger partial charge >= 0.3 is 5.97 Å². The van der Waals surface area contributed by atoms with E-state index >= 15 is 0 Å². The first-order chi connectivity index (χ1) is 30.0. The topological polar surface area (TPSA) is 123 Å². The normalized spacial score (nSPS) is 22.5. The molecule has 0 unspecified atom stereocenters. The van der Waals surface area contributed by atoms with Crippen LogP contribution >= 0.6 is 11.6 Å². The molecule has 324 valence electrons. The third-order valence-electron chi connectivity index (χ3n) is 13.8. The molecule has 5 aromatic rings. The fourth-order valence-corrected chi connectivity index (χ4v) is 10.7. The smallest absolute Gasteiger partial charge is 0.329 e. The summed E-state index contributed by atoms with van der Waals surface area (Å²) < 4.78 is 13.0. The summed E-state index contributed by atoms with van der Waals surface area (Å²) in [6.45, 7) is 7.58. The first-order valence-corrected chi connectivity index (χ1v) is 22.8. The Morgan fingerprint density at radius 3 is 2.55 bits per heavy atom. The summed E-state index contributed by atoms with van der Waals surface area (Å²) in [4.78, 5) is 35.1. The number of carbonyl (C=O) groups excluding carboxylic acids is 1. The van der Waals surface area contributed by atoms with E-state index in [1.54, 1.807) is 18.3 Å². The Balaban J connectivity index is 0.938. The van der Waals surface area contributed by atoms with E-state index < -0.39 is 11.5 Å². The number of rotatable bonds is 16. The number of pyridine rings is 2. The minimum absolute atomic E-state index is 0.0180. The summed E-state index contributed by atoms with van der Waals surface area (Å²) in [6, 6.07) is 27.8. The van der Waals surface area contributed by atoms with Gasteiger partial charge in [-0.15, -0.1) is 0 Å². The lowest BCUT2D eigenvalue weighted by atomic mass is 9.59. The molecular weight excluding hydrogens is 796 g/mol. The molecule has 3 aliphatic rings. The van der Waals surface area contributed by atoms with E-state index in [1.165, 1.54) is 22.4 Å². The zero-order chi connectivity index (χ0) is 43.3. The van der Waals surface area contributed by atoms with Crippen LogP contribution in [0.15, 0.2) is 104 Å². The van der Waals surface area contributed by atoms with Crippen molar-refractivity contribution < 1.29 is 24.2 Å².